The number of aliphatic hydroxyl groups excluding tert-OH is 1. The average molecular weight is 361 g/mol. The molecule has 4 nitrogen and oxygen atoms in total. The van der Waals surface area contributed by atoms with E-state index in [4.69, 9.17) is 13.9 Å². The lowest BCUT2D eigenvalue weighted by molar-refractivity contribution is -0.149. The Morgan fingerprint density at radius 2 is 1.67 bits per heavy atom. The zero-order valence-electron chi connectivity index (χ0n) is 17.1. The van der Waals surface area contributed by atoms with Crippen LogP contribution in [0.1, 0.15) is 73.6 Å². The van der Waals surface area contributed by atoms with Crippen molar-refractivity contribution >= 4 is 8.32 Å². The van der Waals surface area contributed by atoms with Crippen molar-refractivity contribution in [1.82, 2.24) is 0 Å². The molecule has 0 unspecified atom stereocenters. The maximum Gasteiger partial charge on any atom is 0.192 e. The first-order valence-electron chi connectivity index (χ1n) is 9.52. The van der Waals surface area contributed by atoms with Crippen LogP contribution in [0.4, 0.5) is 0 Å². The Morgan fingerprint density at radius 1 is 1.08 bits per heavy atom. The molecule has 1 aliphatic rings. The van der Waals surface area contributed by atoms with Crippen LogP contribution >= 0.6 is 0 Å². The van der Waals surface area contributed by atoms with Crippen molar-refractivity contribution in [1.29, 1.82) is 0 Å². The van der Waals surface area contributed by atoms with Gasteiger partial charge in [0.2, 0.25) is 0 Å². The lowest BCUT2D eigenvalue weighted by Crippen LogP contribution is -2.43. The predicted molar refractivity (Wildman–Crippen MR) is 102 cm³/mol. The quantitative estimate of drug-likeness (QED) is 0.471. The third-order valence-electron chi connectivity index (χ3n) is 5.37. The van der Waals surface area contributed by atoms with Gasteiger partial charge >= 0.3 is 0 Å². The van der Waals surface area contributed by atoms with Crippen LogP contribution in [0.2, 0.25) is 18.1 Å². The minimum atomic E-state index is -1.65. The zero-order chi connectivity index (χ0) is 18.6. The monoisotopic (exact) mass is 360 g/mol. The molecule has 1 heterocycles. The van der Waals surface area contributed by atoms with Gasteiger partial charge in [-0.15, -0.1) is 0 Å². The number of rotatable bonds is 9. The largest absolute Gasteiger partial charge is 0.414 e. The molecule has 0 amide bonds. The molecule has 5 heteroatoms. The average Bonchev–Trinajstić information content (AvgIpc) is 2.71. The molecule has 0 aromatic rings. The highest BCUT2D eigenvalue weighted by molar-refractivity contribution is 6.74. The highest BCUT2D eigenvalue weighted by atomic mass is 28.4. The lowest BCUT2D eigenvalue weighted by atomic mass is 10.0. The SMILES string of the molecule is C[C@H](CCCCC[C@@H]1OC(C)(C)O[C@H]1CO)O[Si](C)(C)C(C)(C)C. The Hall–Kier alpha value is 0.0569. The van der Waals surface area contributed by atoms with Crippen molar-refractivity contribution in [2.75, 3.05) is 6.61 Å². The number of hydrogen-bond acceptors (Lipinski definition) is 4. The minimum Gasteiger partial charge on any atom is -0.414 e. The summed E-state index contributed by atoms with van der Waals surface area (Å²) in [4.78, 5) is 0. The molecular weight excluding hydrogens is 320 g/mol. The molecule has 1 fully saturated rings. The van der Waals surface area contributed by atoms with Crippen molar-refractivity contribution < 1.29 is 19.0 Å². The molecule has 3 atom stereocenters. The number of unbranched alkanes of at least 4 members (excludes halogenated alkanes) is 2. The fourth-order valence-corrected chi connectivity index (χ4v) is 4.48. The standard InChI is InChI=1S/C19H40O4Si/c1-15(23-24(7,8)18(2,3)4)12-10-9-11-13-16-17(14-20)22-19(5,6)21-16/h15-17,20H,9-14H2,1-8H3/t15-,16+,17+/m1/s1. The fraction of sp³-hybridized carbons (Fsp3) is 1.00. The van der Waals surface area contributed by atoms with Crippen molar-refractivity contribution in [3.8, 4) is 0 Å². The topological polar surface area (TPSA) is 47.9 Å². The van der Waals surface area contributed by atoms with Crippen LogP contribution in [0.3, 0.4) is 0 Å². The summed E-state index contributed by atoms with van der Waals surface area (Å²) in [5.74, 6) is -0.566. The van der Waals surface area contributed by atoms with Crippen molar-refractivity contribution in [3.05, 3.63) is 0 Å². The first kappa shape index (κ1) is 22.1. The van der Waals surface area contributed by atoms with Gasteiger partial charge < -0.3 is 19.0 Å². The molecule has 0 aromatic heterocycles. The van der Waals surface area contributed by atoms with E-state index < -0.39 is 14.1 Å². The van der Waals surface area contributed by atoms with Crippen molar-refractivity contribution in [3.63, 3.8) is 0 Å². The highest BCUT2D eigenvalue weighted by Gasteiger charge is 2.40. The summed E-state index contributed by atoms with van der Waals surface area (Å²) in [5.41, 5.74) is 0. The van der Waals surface area contributed by atoms with E-state index in [0.29, 0.717) is 6.10 Å². The Balaban J connectivity index is 2.22. The Morgan fingerprint density at radius 3 is 2.21 bits per heavy atom. The van der Waals surface area contributed by atoms with Crippen molar-refractivity contribution in [2.45, 2.75) is 116 Å². The molecule has 1 N–H and O–H groups in total. The van der Waals surface area contributed by atoms with Crippen LogP contribution in [0.15, 0.2) is 0 Å². The molecule has 144 valence electrons. The van der Waals surface area contributed by atoms with Gasteiger partial charge in [-0.05, 0) is 51.7 Å². The second-order valence-electron chi connectivity index (χ2n) is 9.22. The zero-order valence-corrected chi connectivity index (χ0v) is 18.1. The van der Waals surface area contributed by atoms with E-state index in [1.54, 1.807) is 0 Å². The number of aliphatic hydroxyl groups is 1. The van der Waals surface area contributed by atoms with E-state index in [1.165, 1.54) is 12.8 Å². The first-order valence-corrected chi connectivity index (χ1v) is 12.4. The van der Waals surface area contributed by atoms with E-state index in [1.807, 2.05) is 13.8 Å². The summed E-state index contributed by atoms with van der Waals surface area (Å²) in [6, 6.07) is 0. The van der Waals surface area contributed by atoms with Gasteiger partial charge in [-0.3, -0.25) is 0 Å². The predicted octanol–water partition coefficient (Wildman–Crippen LogP) is 4.86. The van der Waals surface area contributed by atoms with Crippen LogP contribution in [-0.2, 0) is 13.9 Å². The van der Waals surface area contributed by atoms with Gasteiger partial charge in [-0.1, -0.05) is 40.0 Å². The Bertz CT molecular complexity index is 376. The molecule has 0 radical (unpaired) electrons. The van der Waals surface area contributed by atoms with Crippen LogP contribution < -0.4 is 0 Å². The van der Waals surface area contributed by atoms with E-state index in [2.05, 4.69) is 40.8 Å². The summed E-state index contributed by atoms with van der Waals surface area (Å²) >= 11 is 0. The van der Waals surface area contributed by atoms with E-state index in [0.717, 1.165) is 19.3 Å². The van der Waals surface area contributed by atoms with Gasteiger partial charge in [-0.2, -0.15) is 0 Å². The highest BCUT2D eigenvalue weighted by Crippen LogP contribution is 2.37. The van der Waals surface area contributed by atoms with Crippen LogP contribution in [0.5, 0.6) is 0 Å². The van der Waals surface area contributed by atoms with Gasteiger partial charge in [0.25, 0.3) is 0 Å². The van der Waals surface area contributed by atoms with Gasteiger partial charge in [0.05, 0.1) is 12.7 Å². The number of hydrogen-bond donors (Lipinski definition) is 1. The first-order chi connectivity index (χ1) is 10.9. The van der Waals surface area contributed by atoms with Crippen LogP contribution in [-0.4, -0.2) is 44.1 Å². The summed E-state index contributed by atoms with van der Waals surface area (Å²) in [6.45, 7) is 17.6. The molecule has 1 rings (SSSR count). The Labute approximate surface area is 150 Å². The molecule has 1 aliphatic heterocycles. The molecule has 1 saturated heterocycles. The second kappa shape index (κ2) is 8.63. The maximum absolute atomic E-state index is 9.40. The molecule has 0 aromatic carbocycles. The molecule has 24 heavy (non-hydrogen) atoms. The van der Waals surface area contributed by atoms with E-state index in [-0.39, 0.29) is 23.9 Å². The molecule has 0 aliphatic carbocycles. The molecule has 0 saturated carbocycles. The molecular formula is C19H40O4Si. The van der Waals surface area contributed by atoms with Crippen LogP contribution in [0.25, 0.3) is 0 Å². The summed E-state index contributed by atoms with van der Waals surface area (Å²) in [6.07, 6.45) is 5.69. The van der Waals surface area contributed by atoms with Crippen LogP contribution in [0, 0.1) is 0 Å². The smallest absolute Gasteiger partial charge is 0.192 e. The van der Waals surface area contributed by atoms with E-state index >= 15 is 0 Å². The fourth-order valence-electron chi connectivity index (χ4n) is 3.00. The van der Waals surface area contributed by atoms with Gasteiger partial charge in [0.1, 0.15) is 6.10 Å². The Kier molecular flexibility index (Phi) is 7.94. The molecule has 0 spiro atoms. The third-order valence-corrected chi connectivity index (χ3v) is 9.97. The summed E-state index contributed by atoms with van der Waals surface area (Å²) < 4.78 is 18.0. The van der Waals surface area contributed by atoms with Gasteiger partial charge in [0.15, 0.2) is 14.1 Å². The maximum atomic E-state index is 9.40. The van der Waals surface area contributed by atoms with Gasteiger partial charge in [-0.25, -0.2) is 0 Å². The molecule has 0 bridgehead atoms. The van der Waals surface area contributed by atoms with E-state index in [9.17, 15) is 5.11 Å². The lowest BCUT2D eigenvalue weighted by Gasteiger charge is -2.38. The van der Waals surface area contributed by atoms with Crippen molar-refractivity contribution in [2.24, 2.45) is 0 Å². The summed E-state index contributed by atoms with van der Waals surface area (Å²) in [7, 11) is -1.65. The van der Waals surface area contributed by atoms with Gasteiger partial charge in [0, 0.05) is 6.10 Å². The third kappa shape index (κ3) is 6.75. The summed E-state index contributed by atoms with van der Waals surface area (Å²) in [5, 5.41) is 9.67. The minimum absolute atomic E-state index is 0.0194. The number of ether oxygens (including phenoxy) is 2. The normalized spacial score (nSPS) is 25.9. The second-order valence-corrected chi connectivity index (χ2v) is 14.0.